The Morgan fingerprint density at radius 1 is 1.11 bits per heavy atom. The number of nitrogens with one attached hydrogen (secondary N) is 1. The van der Waals surface area contributed by atoms with Crippen molar-refractivity contribution in [1.29, 1.82) is 0 Å². The van der Waals surface area contributed by atoms with Gasteiger partial charge in [0.05, 0.1) is 4.83 Å². The zero-order valence-electron chi connectivity index (χ0n) is 10.8. The molecular formula is C16H16BrNO. The summed E-state index contributed by atoms with van der Waals surface area (Å²) in [4.78, 5) is 11.8. The number of carbonyl (C=O) groups is 1. The molecular weight excluding hydrogens is 302 g/mol. The first-order chi connectivity index (χ1) is 9.15. The molecule has 2 aromatic carbocycles. The predicted octanol–water partition coefficient (Wildman–Crippen LogP) is 3.94. The molecule has 0 radical (unpaired) electrons. The zero-order valence-corrected chi connectivity index (χ0v) is 12.4. The number of benzene rings is 2. The number of rotatable bonds is 4. The lowest BCUT2D eigenvalue weighted by Gasteiger charge is -2.11. The van der Waals surface area contributed by atoms with Crippen LogP contribution < -0.4 is 5.32 Å². The van der Waals surface area contributed by atoms with Gasteiger partial charge in [-0.15, -0.1) is 0 Å². The first kappa shape index (κ1) is 13.8. The Labute approximate surface area is 122 Å². The van der Waals surface area contributed by atoms with E-state index in [0.29, 0.717) is 6.42 Å². The summed E-state index contributed by atoms with van der Waals surface area (Å²) in [6, 6.07) is 17.8. The van der Waals surface area contributed by atoms with Gasteiger partial charge in [0.1, 0.15) is 0 Å². The first-order valence-electron chi connectivity index (χ1n) is 6.20. The quantitative estimate of drug-likeness (QED) is 0.850. The van der Waals surface area contributed by atoms with Gasteiger partial charge < -0.3 is 5.32 Å². The van der Waals surface area contributed by atoms with Crippen LogP contribution in [0.1, 0.15) is 11.1 Å². The van der Waals surface area contributed by atoms with Crippen LogP contribution in [0, 0.1) is 6.92 Å². The highest BCUT2D eigenvalue weighted by Gasteiger charge is 2.15. The van der Waals surface area contributed by atoms with E-state index in [4.69, 9.17) is 0 Å². The van der Waals surface area contributed by atoms with E-state index < -0.39 is 0 Å². The average Bonchev–Trinajstić information content (AvgIpc) is 2.42. The fourth-order valence-corrected chi connectivity index (χ4v) is 2.26. The Morgan fingerprint density at radius 2 is 1.74 bits per heavy atom. The molecule has 0 bridgehead atoms. The molecule has 0 aliphatic carbocycles. The van der Waals surface area contributed by atoms with Crippen molar-refractivity contribution in [1.82, 2.24) is 0 Å². The van der Waals surface area contributed by atoms with Crippen molar-refractivity contribution < 1.29 is 4.79 Å². The number of anilines is 1. The fraction of sp³-hybridized carbons (Fsp3) is 0.188. The smallest absolute Gasteiger partial charge is 0.238 e. The average molecular weight is 318 g/mol. The maximum Gasteiger partial charge on any atom is 0.238 e. The maximum absolute atomic E-state index is 12.0. The van der Waals surface area contributed by atoms with Crippen molar-refractivity contribution >= 4 is 27.5 Å². The summed E-state index contributed by atoms with van der Waals surface area (Å²) in [5.41, 5.74) is 3.15. The molecule has 2 rings (SSSR count). The number of amides is 1. The summed E-state index contributed by atoms with van der Waals surface area (Å²) >= 11 is 3.44. The molecule has 0 aromatic heterocycles. The summed E-state index contributed by atoms with van der Waals surface area (Å²) in [5.74, 6) is -0.0206. The van der Waals surface area contributed by atoms with E-state index in [9.17, 15) is 4.79 Å². The topological polar surface area (TPSA) is 29.1 Å². The van der Waals surface area contributed by atoms with Crippen LogP contribution in [-0.4, -0.2) is 10.7 Å². The monoisotopic (exact) mass is 317 g/mol. The Bertz CT molecular complexity index is 536. The van der Waals surface area contributed by atoms with Crippen LogP contribution >= 0.6 is 15.9 Å². The van der Waals surface area contributed by atoms with Crippen molar-refractivity contribution in [2.75, 3.05) is 5.32 Å². The van der Waals surface area contributed by atoms with Gasteiger partial charge in [-0.3, -0.25) is 4.79 Å². The van der Waals surface area contributed by atoms with Crippen LogP contribution in [0.2, 0.25) is 0 Å². The molecule has 1 atom stereocenters. The number of aryl methyl sites for hydroxylation is 1. The van der Waals surface area contributed by atoms with E-state index in [-0.39, 0.29) is 10.7 Å². The Balaban J connectivity index is 1.94. The highest BCUT2D eigenvalue weighted by atomic mass is 79.9. The van der Waals surface area contributed by atoms with Crippen LogP contribution in [-0.2, 0) is 11.2 Å². The maximum atomic E-state index is 12.0. The lowest BCUT2D eigenvalue weighted by atomic mass is 10.1. The van der Waals surface area contributed by atoms with Crippen LogP contribution in [0.3, 0.4) is 0 Å². The van der Waals surface area contributed by atoms with Crippen LogP contribution in [0.5, 0.6) is 0 Å². The van der Waals surface area contributed by atoms with Crippen molar-refractivity contribution in [2.24, 2.45) is 0 Å². The molecule has 0 aliphatic heterocycles. The highest BCUT2D eigenvalue weighted by molar-refractivity contribution is 9.10. The van der Waals surface area contributed by atoms with E-state index >= 15 is 0 Å². The molecule has 0 saturated heterocycles. The van der Waals surface area contributed by atoms with E-state index in [1.807, 2.05) is 61.5 Å². The van der Waals surface area contributed by atoms with E-state index in [2.05, 4.69) is 21.2 Å². The van der Waals surface area contributed by atoms with Crippen LogP contribution in [0.25, 0.3) is 0 Å². The van der Waals surface area contributed by atoms with E-state index in [0.717, 1.165) is 11.3 Å². The second kappa shape index (κ2) is 6.53. The summed E-state index contributed by atoms with van der Waals surface area (Å²) < 4.78 is 0. The molecule has 2 aromatic rings. The molecule has 1 N–H and O–H groups in total. The van der Waals surface area contributed by atoms with Crippen molar-refractivity contribution in [2.45, 2.75) is 18.2 Å². The third kappa shape index (κ3) is 4.21. The van der Waals surface area contributed by atoms with Crippen molar-refractivity contribution in [3.63, 3.8) is 0 Å². The van der Waals surface area contributed by atoms with Gasteiger partial charge in [0.25, 0.3) is 0 Å². The minimum Gasteiger partial charge on any atom is -0.325 e. The van der Waals surface area contributed by atoms with Gasteiger partial charge in [-0.25, -0.2) is 0 Å². The Kier molecular flexibility index (Phi) is 4.74. The van der Waals surface area contributed by atoms with Gasteiger partial charge >= 0.3 is 0 Å². The van der Waals surface area contributed by atoms with Crippen molar-refractivity contribution in [3.8, 4) is 0 Å². The Hall–Kier alpha value is -1.61. The molecule has 0 unspecified atom stereocenters. The minimum atomic E-state index is -0.226. The van der Waals surface area contributed by atoms with Crippen LogP contribution in [0.4, 0.5) is 5.69 Å². The number of hydrogen-bond acceptors (Lipinski definition) is 1. The summed E-state index contributed by atoms with van der Waals surface area (Å²) in [6.45, 7) is 2.02. The normalized spacial score (nSPS) is 11.9. The van der Waals surface area contributed by atoms with Gasteiger partial charge in [-0.05, 0) is 31.0 Å². The number of hydrogen-bond donors (Lipinski definition) is 1. The molecule has 0 saturated carbocycles. The standard InChI is InChI=1S/C16H16BrNO/c1-12-7-9-14(10-8-12)18-16(19)15(17)11-13-5-3-2-4-6-13/h2-10,15H,11H2,1H3,(H,18,19)/t15-/m0/s1. The lowest BCUT2D eigenvalue weighted by molar-refractivity contribution is -0.115. The first-order valence-corrected chi connectivity index (χ1v) is 7.12. The molecule has 0 aliphatic rings. The second-order valence-corrected chi connectivity index (χ2v) is 5.62. The van der Waals surface area contributed by atoms with Gasteiger partial charge in [0, 0.05) is 5.69 Å². The predicted molar refractivity (Wildman–Crippen MR) is 82.7 cm³/mol. The van der Waals surface area contributed by atoms with Gasteiger partial charge in [0.2, 0.25) is 5.91 Å². The van der Waals surface area contributed by atoms with Crippen LogP contribution in [0.15, 0.2) is 54.6 Å². The molecule has 0 fully saturated rings. The molecule has 0 heterocycles. The van der Waals surface area contributed by atoms with Gasteiger partial charge in [0.15, 0.2) is 0 Å². The summed E-state index contributed by atoms with van der Waals surface area (Å²) in [5, 5.41) is 2.90. The number of halogens is 1. The molecule has 0 spiro atoms. The summed E-state index contributed by atoms with van der Waals surface area (Å²) in [7, 11) is 0. The molecule has 98 valence electrons. The third-order valence-electron chi connectivity index (χ3n) is 2.86. The third-order valence-corrected chi connectivity index (χ3v) is 3.60. The van der Waals surface area contributed by atoms with E-state index in [1.54, 1.807) is 0 Å². The fourth-order valence-electron chi connectivity index (χ4n) is 1.77. The molecule has 3 heteroatoms. The largest absolute Gasteiger partial charge is 0.325 e. The van der Waals surface area contributed by atoms with Gasteiger partial charge in [-0.1, -0.05) is 64.0 Å². The second-order valence-electron chi connectivity index (χ2n) is 4.51. The minimum absolute atomic E-state index is 0.0206. The lowest BCUT2D eigenvalue weighted by Crippen LogP contribution is -2.24. The van der Waals surface area contributed by atoms with Gasteiger partial charge in [-0.2, -0.15) is 0 Å². The molecule has 2 nitrogen and oxygen atoms in total. The molecule has 19 heavy (non-hydrogen) atoms. The zero-order chi connectivity index (χ0) is 13.7. The summed E-state index contributed by atoms with van der Waals surface area (Å²) in [6.07, 6.45) is 0.679. The van der Waals surface area contributed by atoms with Crippen molar-refractivity contribution in [3.05, 3.63) is 65.7 Å². The number of alkyl halides is 1. The Morgan fingerprint density at radius 3 is 2.37 bits per heavy atom. The highest BCUT2D eigenvalue weighted by Crippen LogP contribution is 2.14. The molecule has 1 amide bonds. The number of carbonyl (C=O) groups excluding carboxylic acids is 1. The van der Waals surface area contributed by atoms with E-state index in [1.165, 1.54) is 5.56 Å². The SMILES string of the molecule is Cc1ccc(NC(=O)[C@@H](Br)Cc2ccccc2)cc1.